The van der Waals surface area contributed by atoms with Crippen molar-refractivity contribution in [1.82, 2.24) is 0 Å². The highest BCUT2D eigenvalue weighted by molar-refractivity contribution is 7.14. The molecule has 0 radical (unpaired) electrons. The minimum absolute atomic E-state index is 0.143. The monoisotopic (exact) mass is 411 g/mol. The van der Waals surface area contributed by atoms with Crippen LogP contribution in [0, 0.1) is 5.13 Å². The molecular formula is C23H22FNO3S. The second-order valence-electron chi connectivity index (χ2n) is 7.13. The summed E-state index contributed by atoms with van der Waals surface area (Å²) >= 11 is 1.02. The highest BCUT2D eigenvalue weighted by Gasteiger charge is 2.52. The number of hydrogen-bond donors (Lipinski definition) is 1. The van der Waals surface area contributed by atoms with Crippen LogP contribution in [0.2, 0.25) is 0 Å². The summed E-state index contributed by atoms with van der Waals surface area (Å²) in [4.78, 5) is 13.0. The average molecular weight is 411 g/mol. The fourth-order valence-electron chi connectivity index (χ4n) is 3.64. The maximum Gasteiger partial charge on any atom is 0.316 e. The lowest BCUT2D eigenvalue weighted by Crippen LogP contribution is -2.23. The van der Waals surface area contributed by atoms with Gasteiger partial charge < -0.3 is 15.2 Å². The molecule has 1 aliphatic rings. The Labute approximate surface area is 173 Å². The number of ether oxygens (including phenoxy) is 2. The molecule has 1 aliphatic carbocycles. The summed E-state index contributed by atoms with van der Waals surface area (Å²) in [5.74, 6) is 0.533. The third-order valence-corrected chi connectivity index (χ3v) is 6.35. The zero-order valence-corrected chi connectivity index (χ0v) is 17.1. The lowest BCUT2D eigenvalue weighted by atomic mass is 9.93. The van der Waals surface area contributed by atoms with Crippen LogP contribution >= 0.6 is 11.3 Å². The maximum atomic E-state index is 13.5. The van der Waals surface area contributed by atoms with Gasteiger partial charge in [0.1, 0.15) is 5.75 Å². The lowest BCUT2D eigenvalue weighted by Gasteiger charge is -2.15. The van der Waals surface area contributed by atoms with Gasteiger partial charge in [-0.15, -0.1) is 11.3 Å². The van der Waals surface area contributed by atoms with Gasteiger partial charge >= 0.3 is 5.97 Å². The number of nitrogens with two attached hydrogens (primary N) is 1. The van der Waals surface area contributed by atoms with E-state index in [1.165, 1.54) is 6.07 Å². The summed E-state index contributed by atoms with van der Waals surface area (Å²) in [6, 6.07) is 15.0. The third-order valence-electron chi connectivity index (χ3n) is 5.36. The van der Waals surface area contributed by atoms with Crippen molar-refractivity contribution in [2.45, 2.75) is 25.2 Å². The number of anilines is 1. The van der Waals surface area contributed by atoms with Crippen molar-refractivity contribution in [3.8, 4) is 27.3 Å². The molecule has 1 aromatic heterocycles. The highest BCUT2D eigenvalue weighted by Crippen LogP contribution is 2.49. The summed E-state index contributed by atoms with van der Waals surface area (Å²) in [7, 11) is 1.61. The van der Waals surface area contributed by atoms with Gasteiger partial charge in [0.2, 0.25) is 0 Å². The highest BCUT2D eigenvalue weighted by atomic mass is 32.1. The van der Waals surface area contributed by atoms with E-state index < -0.39 is 5.41 Å². The summed E-state index contributed by atoms with van der Waals surface area (Å²) in [5.41, 5.74) is 9.54. The van der Waals surface area contributed by atoms with Crippen molar-refractivity contribution in [1.29, 1.82) is 0 Å². The largest absolute Gasteiger partial charge is 0.496 e. The van der Waals surface area contributed by atoms with E-state index in [0.29, 0.717) is 22.9 Å². The minimum atomic E-state index is -0.483. The van der Waals surface area contributed by atoms with Crippen molar-refractivity contribution < 1.29 is 18.7 Å². The van der Waals surface area contributed by atoms with Crippen LogP contribution in [0.4, 0.5) is 10.1 Å². The topological polar surface area (TPSA) is 61.5 Å². The van der Waals surface area contributed by atoms with Crippen molar-refractivity contribution in [3.63, 3.8) is 0 Å². The molecule has 0 amide bonds. The van der Waals surface area contributed by atoms with E-state index in [1.807, 2.05) is 49.4 Å². The van der Waals surface area contributed by atoms with Crippen LogP contribution in [-0.4, -0.2) is 19.7 Å². The van der Waals surface area contributed by atoms with Gasteiger partial charge in [0.05, 0.1) is 29.7 Å². The van der Waals surface area contributed by atoms with Crippen LogP contribution in [-0.2, 0) is 14.9 Å². The van der Waals surface area contributed by atoms with E-state index in [-0.39, 0.29) is 11.1 Å². The Morgan fingerprint density at radius 1 is 1.14 bits per heavy atom. The number of carbonyl (C=O) groups excluding carboxylic acids is 1. The number of halogens is 1. The van der Waals surface area contributed by atoms with Gasteiger partial charge in [0.15, 0.2) is 5.13 Å². The molecule has 29 heavy (non-hydrogen) atoms. The van der Waals surface area contributed by atoms with Gasteiger partial charge in [-0.1, -0.05) is 36.4 Å². The summed E-state index contributed by atoms with van der Waals surface area (Å²) < 4.78 is 24.4. The number of rotatable bonds is 6. The summed E-state index contributed by atoms with van der Waals surface area (Å²) in [5, 5.41) is -0.313. The zero-order valence-electron chi connectivity index (χ0n) is 16.3. The van der Waals surface area contributed by atoms with Gasteiger partial charge in [-0.2, -0.15) is 4.39 Å². The van der Waals surface area contributed by atoms with E-state index in [1.54, 1.807) is 7.11 Å². The van der Waals surface area contributed by atoms with Crippen LogP contribution in [0.5, 0.6) is 5.75 Å². The molecule has 0 bridgehead atoms. The molecule has 4 rings (SSSR count). The van der Waals surface area contributed by atoms with Crippen LogP contribution in [0.3, 0.4) is 0 Å². The number of thiophene rings is 1. The molecule has 1 saturated carbocycles. The first kappa shape index (κ1) is 19.5. The predicted octanol–water partition coefficient (Wildman–Crippen LogP) is 5.41. The summed E-state index contributed by atoms with van der Waals surface area (Å²) in [6.45, 7) is 2.21. The first-order valence-corrected chi connectivity index (χ1v) is 10.3. The van der Waals surface area contributed by atoms with Gasteiger partial charge in [0, 0.05) is 11.6 Å². The standard InChI is InChI=1S/C23H22FNO3S/c1-3-28-22(26)23(10-11-23)16-7-4-14(5-8-16)17-9-6-15(12-19(17)27-2)21-18(25)13-20(24)29-21/h4-9,12-13H,3,10-11,25H2,1-2H3. The zero-order chi connectivity index (χ0) is 20.6. The van der Waals surface area contributed by atoms with Crippen molar-refractivity contribution in [3.05, 3.63) is 59.2 Å². The Balaban J connectivity index is 1.65. The molecule has 0 atom stereocenters. The number of nitrogen functional groups attached to an aromatic ring is 1. The van der Waals surface area contributed by atoms with Crippen molar-refractivity contribution in [2.75, 3.05) is 19.5 Å². The fourth-order valence-corrected chi connectivity index (χ4v) is 4.45. The molecule has 2 N–H and O–H groups in total. The predicted molar refractivity (Wildman–Crippen MR) is 114 cm³/mol. The number of benzene rings is 2. The molecule has 3 aromatic rings. The number of carbonyl (C=O) groups is 1. The number of hydrogen-bond acceptors (Lipinski definition) is 5. The third kappa shape index (κ3) is 3.49. The molecule has 0 saturated heterocycles. The SMILES string of the molecule is CCOC(=O)C1(c2ccc(-c3ccc(-c4sc(F)cc4N)cc3OC)cc2)CC1. The van der Waals surface area contributed by atoms with Crippen LogP contribution < -0.4 is 10.5 Å². The maximum absolute atomic E-state index is 13.5. The normalized spacial score (nSPS) is 14.4. The quantitative estimate of drug-likeness (QED) is 0.551. The second-order valence-corrected chi connectivity index (χ2v) is 8.13. The molecule has 0 unspecified atom stereocenters. The molecule has 150 valence electrons. The lowest BCUT2D eigenvalue weighted by molar-refractivity contribution is -0.146. The van der Waals surface area contributed by atoms with E-state index in [2.05, 4.69) is 0 Å². The molecule has 1 fully saturated rings. The van der Waals surface area contributed by atoms with Crippen molar-refractivity contribution in [2.24, 2.45) is 0 Å². The van der Waals surface area contributed by atoms with Crippen molar-refractivity contribution >= 4 is 23.0 Å². The molecule has 4 nitrogen and oxygen atoms in total. The van der Waals surface area contributed by atoms with E-state index >= 15 is 0 Å². The molecule has 0 spiro atoms. The molecular weight excluding hydrogens is 389 g/mol. The number of methoxy groups -OCH3 is 1. The Bertz CT molecular complexity index is 1050. The van der Waals surface area contributed by atoms with Crippen LogP contribution in [0.15, 0.2) is 48.5 Å². The summed E-state index contributed by atoms with van der Waals surface area (Å²) in [6.07, 6.45) is 1.64. The van der Waals surface area contributed by atoms with E-state index in [4.69, 9.17) is 15.2 Å². The molecule has 6 heteroatoms. The first-order chi connectivity index (χ1) is 14.0. The average Bonchev–Trinajstić information content (AvgIpc) is 3.47. The Morgan fingerprint density at radius 2 is 1.83 bits per heavy atom. The Kier molecular flexibility index (Phi) is 5.04. The molecule has 2 aromatic carbocycles. The van der Waals surface area contributed by atoms with Gasteiger partial charge in [-0.3, -0.25) is 4.79 Å². The Morgan fingerprint density at radius 3 is 2.38 bits per heavy atom. The van der Waals surface area contributed by atoms with Crippen LogP contribution in [0.1, 0.15) is 25.3 Å². The van der Waals surface area contributed by atoms with Crippen LogP contribution in [0.25, 0.3) is 21.6 Å². The smallest absolute Gasteiger partial charge is 0.316 e. The van der Waals surface area contributed by atoms with E-state index in [0.717, 1.165) is 46.4 Å². The molecule has 0 aliphatic heterocycles. The Hall–Kier alpha value is -2.86. The fraction of sp³-hybridized carbons (Fsp3) is 0.261. The van der Waals surface area contributed by atoms with Gasteiger partial charge in [0.25, 0.3) is 0 Å². The first-order valence-electron chi connectivity index (χ1n) is 9.50. The number of esters is 1. The molecule has 1 heterocycles. The minimum Gasteiger partial charge on any atom is -0.496 e. The van der Waals surface area contributed by atoms with E-state index in [9.17, 15) is 9.18 Å². The van der Waals surface area contributed by atoms with Gasteiger partial charge in [-0.25, -0.2) is 0 Å². The second kappa shape index (κ2) is 7.52. The van der Waals surface area contributed by atoms with Gasteiger partial charge in [-0.05, 0) is 42.5 Å².